The zero-order valence-corrected chi connectivity index (χ0v) is 12.2. The molecule has 0 fully saturated rings. The van der Waals surface area contributed by atoms with Crippen molar-refractivity contribution in [2.75, 3.05) is 12.4 Å². The Labute approximate surface area is 124 Å². The maximum Gasteiger partial charge on any atom is 0.228 e. The van der Waals surface area contributed by atoms with E-state index in [9.17, 15) is 9.18 Å². The highest BCUT2D eigenvalue weighted by Gasteiger charge is 2.12. The molecule has 1 amide bonds. The summed E-state index contributed by atoms with van der Waals surface area (Å²) in [7, 11) is 1.86. The van der Waals surface area contributed by atoms with Gasteiger partial charge in [0.05, 0.1) is 6.42 Å². The fraction of sp³-hybridized carbons (Fsp3) is 0.235. The zero-order valence-electron chi connectivity index (χ0n) is 12.2. The van der Waals surface area contributed by atoms with Gasteiger partial charge in [-0.2, -0.15) is 0 Å². The quantitative estimate of drug-likeness (QED) is 0.885. The monoisotopic (exact) mass is 286 g/mol. The summed E-state index contributed by atoms with van der Waals surface area (Å²) in [5.74, 6) is -0.583. The number of para-hydroxylation sites is 1. The van der Waals surface area contributed by atoms with Crippen LogP contribution >= 0.6 is 0 Å². The van der Waals surface area contributed by atoms with Crippen LogP contribution in [0.2, 0.25) is 0 Å². The molecule has 0 saturated carbocycles. The van der Waals surface area contributed by atoms with Gasteiger partial charge in [-0.15, -0.1) is 0 Å². The predicted molar refractivity (Wildman–Crippen MR) is 82.7 cm³/mol. The minimum Gasteiger partial charge on any atom is -0.325 e. The number of nitrogens with one attached hydrogen (secondary N) is 2. The third-order valence-corrected chi connectivity index (χ3v) is 3.44. The van der Waals surface area contributed by atoms with E-state index in [1.54, 1.807) is 18.2 Å². The fourth-order valence-corrected chi connectivity index (χ4v) is 2.15. The Morgan fingerprint density at radius 3 is 2.52 bits per heavy atom. The van der Waals surface area contributed by atoms with Crippen LogP contribution in [-0.4, -0.2) is 13.0 Å². The molecule has 0 saturated heterocycles. The second-order valence-electron chi connectivity index (χ2n) is 4.91. The van der Waals surface area contributed by atoms with Gasteiger partial charge in [0.15, 0.2) is 0 Å². The van der Waals surface area contributed by atoms with Crippen molar-refractivity contribution < 1.29 is 9.18 Å². The van der Waals surface area contributed by atoms with Crippen molar-refractivity contribution in [1.82, 2.24) is 5.32 Å². The van der Waals surface area contributed by atoms with Crippen molar-refractivity contribution >= 4 is 11.6 Å². The Balaban J connectivity index is 2.12. The van der Waals surface area contributed by atoms with Crippen molar-refractivity contribution in [3.8, 4) is 0 Å². The molecule has 3 nitrogen and oxygen atoms in total. The number of hydrogen-bond acceptors (Lipinski definition) is 2. The van der Waals surface area contributed by atoms with E-state index in [1.807, 2.05) is 38.2 Å². The van der Waals surface area contributed by atoms with Gasteiger partial charge in [0.1, 0.15) is 5.82 Å². The van der Waals surface area contributed by atoms with Crippen molar-refractivity contribution in [1.29, 1.82) is 0 Å². The van der Waals surface area contributed by atoms with Crippen LogP contribution in [0.5, 0.6) is 0 Å². The standard InChI is InChI=1S/C17H19FN2O/c1-12(19-2)14-8-4-6-10-16(14)20-17(21)11-13-7-3-5-9-15(13)18/h3-10,12,19H,11H2,1-2H3,(H,20,21). The molecule has 2 N–H and O–H groups in total. The van der Waals surface area contributed by atoms with E-state index >= 15 is 0 Å². The number of carbonyl (C=O) groups is 1. The van der Waals surface area contributed by atoms with E-state index in [1.165, 1.54) is 6.07 Å². The summed E-state index contributed by atoms with van der Waals surface area (Å²) in [6, 6.07) is 14.0. The van der Waals surface area contributed by atoms with Crippen LogP contribution in [0, 0.1) is 5.82 Å². The molecular weight excluding hydrogens is 267 g/mol. The van der Waals surface area contributed by atoms with Gasteiger partial charge in [-0.05, 0) is 37.2 Å². The van der Waals surface area contributed by atoms with Gasteiger partial charge in [0, 0.05) is 11.7 Å². The second-order valence-corrected chi connectivity index (χ2v) is 4.91. The first-order valence-electron chi connectivity index (χ1n) is 6.91. The van der Waals surface area contributed by atoms with Gasteiger partial charge in [-0.1, -0.05) is 36.4 Å². The molecule has 0 spiro atoms. The van der Waals surface area contributed by atoms with Crippen LogP contribution in [-0.2, 0) is 11.2 Å². The van der Waals surface area contributed by atoms with E-state index in [2.05, 4.69) is 10.6 Å². The smallest absolute Gasteiger partial charge is 0.228 e. The number of amides is 1. The first-order chi connectivity index (χ1) is 10.1. The molecule has 1 atom stereocenters. The first-order valence-corrected chi connectivity index (χ1v) is 6.91. The Morgan fingerprint density at radius 2 is 1.81 bits per heavy atom. The van der Waals surface area contributed by atoms with Crippen LogP contribution in [0.4, 0.5) is 10.1 Å². The highest BCUT2D eigenvalue weighted by molar-refractivity contribution is 5.93. The molecule has 0 aromatic heterocycles. The molecule has 0 bridgehead atoms. The fourth-order valence-electron chi connectivity index (χ4n) is 2.15. The first kappa shape index (κ1) is 15.2. The summed E-state index contributed by atoms with van der Waals surface area (Å²) >= 11 is 0. The van der Waals surface area contributed by atoms with Crippen LogP contribution in [0.15, 0.2) is 48.5 Å². The van der Waals surface area contributed by atoms with E-state index in [0.29, 0.717) is 5.56 Å². The summed E-state index contributed by atoms with van der Waals surface area (Å²) in [6.07, 6.45) is 0.0228. The predicted octanol–water partition coefficient (Wildman–Crippen LogP) is 3.29. The third-order valence-electron chi connectivity index (χ3n) is 3.44. The maximum atomic E-state index is 13.6. The largest absolute Gasteiger partial charge is 0.325 e. The molecule has 2 aromatic carbocycles. The Hall–Kier alpha value is -2.20. The van der Waals surface area contributed by atoms with Crippen molar-refractivity contribution in [2.24, 2.45) is 0 Å². The lowest BCUT2D eigenvalue weighted by atomic mass is 10.1. The minimum absolute atomic E-state index is 0.0228. The van der Waals surface area contributed by atoms with Gasteiger partial charge >= 0.3 is 0 Å². The number of rotatable bonds is 5. The van der Waals surface area contributed by atoms with E-state index < -0.39 is 0 Å². The summed E-state index contributed by atoms with van der Waals surface area (Å²) in [5, 5.41) is 6.00. The maximum absolute atomic E-state index is 13.6. The molecule has 0 aliphatic heterocycles. The highest BCUT2D eigenvalue weighted by Crippen LogP contribution is 2.22. The number of halogens is 1. The average molecular weight is 286 g/mol. The Kier molecular flexibility index (Phi) is 5.06. The second kappa shape index (κ2) is 6.99. The normalized spacial score (nSPS) is 12.0. The molecule has 0 aliphatic carbocycles. The van der Waals surface area contributed by atoms with Crippen LogP contribution in [0.1, 0.15) is 24.1 Å². The van der Waals surface area contributed by atoms with E-state index in [0.717, 1.165) is 11.3 Å². The van der Waals surface area contributed by atoms with Crippen LogP contribution in [0.25, 0.3) is 0 Å². The molecule has 4 heteroatoms. The van der Waals surface area contributed by atoms with Crippen LogP contribution < -0.4 is 10.6 Å². The molecule has 0 heterocycles. The average Bonchev–Trinajstić information content (AvgIpc) is 2.49. The van der Waals surface area contributed by atoms with Gasteiger partial charge < -0.3 is 10.6 Å². The lowest BCUT2D eigenvalue weighted by Gasteiger charge is -2.16. The molecule has 110 valence electrons. The number of benzene rings is 2. The van der Waals surface area contributed by atoms with E-state index in [4.69, 9.17) is 0 Å². The number of anilines is 1. The Morgan fingerprint density at radius 1 is 1.14 bits per heavy atom. The SMILES string of the molecule is CNC(C)c1ccccc1NC(=O)Cc1ccccc1F. The van der Waals surface area contributed by atoms with Gasteiger partial charge in [-0.3, -0.25) is 4.79 Å². The minimum atomic E-state index is -0.357. The topological polar surface area (TPSA) is 41.1 Å². The number of hydrogen-bond donors (Lipinski definition) is 2. The molecule has 0 radical (unpaired) electrons. The van der Waals surface area contributed by atoms with Gasteiger partial charge in [0.2, 0.25) is 5.91 Å². The van der Waals surface area contributed by atoms with Gasteiger partial charge in [0.25, 0.3) is 0 Å². The summed E-state index contributed by atoms with van der Waals surface area (Å²) in [4.78, 5) is 12.1. The summed E-state index contributed by atoms with van der Waals surface area (Å²) in [5.41, 5.74) is 2.15. The lowest BCUT2D eigenvalue weighted by Crippen LogP contribution is -2.19. The van der Waals surface area contributed by atoms with Gasteiger partial charge in [-0.25, -0.2) is 4.39 Å². The Bertz CT molecular complexity index is 628. The lowest BCUT2D eigenvalue weighted by molar-refractivity contribution is -0.115. The molecule has 0 aliphatic rings. The number of carbonyl (C=O) groups excluding carboxylic acids is 1. The highest BCUT2D eigenvalue weighted by atomic mass is 19.1. The molecule has 2 rings (SSSR count). The zero-order chi connectivity index (χ0) is 15.2. The van der Waals surface area contributed by atoms with Crippen molar-refractivity contribution in [3.05, 3.63) is 65.5 Å². The van der Waals surface area contributed by atoms with Crippen LogP contribution in [0.3, 0.4) is 0 Å². The molecular formula is C17H19FN2O. The third kappa shape index (κ3) is 3.89. The summed E-state index contributed by atoms with van der Waals surface area (Å²) in [6.45, 7) is 2.02. The molecule has 2 aromatic rings. The molecule has 1 unspecified atom stereocenters. The molecule has 21 heavy (non-hydrogen) atoms. The van der Waals surface area contributed by atoms with Crippen molar-refractivity contribution in [3.63, 3.8) is 0 Å². The van der Waals surface area contributed by atoms with E-state index in [-0.39, 0.29) is 24.2 Å². The summed E-state index contributed by atoms with van der Waals surface area (Å²) < 4.78 is 13.6. The van der Waals surface area contributed by atoms with Crippen molar-refractivity contribution in [2.45, 2.75) is 19.4 Å².